The zero-order chi connectivity index (χ0) is 18.2. The molecule has 0 radical (unpaired) electrons. The third-order valence-electron chi connectivity index (χ3n) is 3.39. The number of ether oxygens (including phenoxy) is 2. The Morgan fingerprint density at radius 3 is 2.60 bits per heavy atom. The van der Waals surface area contributed by atoms with Gasteiger partial charge in [0.05, 0.1) is 5.69 Å². The topological polar surface area (TPSA) is 76.1 Å². The lowest BCUT2D eigenvalue weighted by Crippen LogP contribution is -2.42. The van der Waals surface area contributed by atoms with Gasteiger partial charge in [-0.2, -0.15) is 0 Å². The number of anilines is 1. The molecule has 0 aromatic heterocycles. The summed E-state index contributed by atoms with van der Waals surface area (Å²) in [5.41, 5.74) is 0.658. The Balaban J connectivity index is 2.07. The summed E-state index contributed by atoms with van der Waals surface area (Å²) in [4.78, 5) is 23.6. The standard InChI is InChI=1S/C16H10F3NO5/c17-16(18,19)25-10-4-1-3-9(7-10)11-5-2-6-12-14(11)24-8-13(21)20(12)15(22)23/h1-7H,8H2,(H,22,23). The van der Waals surface area contributed by atoms with E-state index in [1.165, 1.54) is 24.3 Å². The number of amides is 2. The van der Waals surface area contributed by atoms with Crippen LogP contribution in [0.5, 0.6) is 11.5 Å². The predicted octanol–water partition coefficient (Wildman–Crippen LogP) is 3.66. The van der Waals surface area contributed by atoms with Crippen molar-refractivity contribution < 1.29 is 37.3 Å². The molecule has 3 rings (SSSR count). The highest BCUT2D eigenvalue weighted by atomic mass is 19.4. The van der Waals surface area contributed by atoms with Crippen molar-refractivity contribution in [3.8, 4) is 22.6 Å². The van der Waals surface area contributed by atoms with E-state index in [-0.39, 0.29) is 11.4 Å². The van der Waals surface area contributed by atoms with Crippen LogP contribution in [0.4, 0.5) is 23.7 Å². The van der Waals surface area contributed by atoms with Crippen molar-refractivity contribution in [1.29, 1.82) is 0 Å². The fourth-order valence-electron chi connectivity index (χ4n) is 2.48. The number of imide groups is 1. The number of halogens is 3. The molecule has 1 aliphatic rings. The molecule has 1 aliphatic heterocycles. The maximum Gasteiger partial charge on any atom is 0.573 e. The SMILES string of the molecule is O=C(O)N1C(=O)COc2c(-c3cccc(OC(F)(F)F)c3)cccc21. The number of rotatable bonds is 2. The van der Waals surface area contributed by atoms with E-state index >= 15 is 0 Å². The second-order valence-corrected chi connectivity index (χ2v) is 5.03. The van der Waals surface area contributed by atoms with Crippen molar-refractivity contribution in [2.24, 2.45) is 0 Å². The Hall–Kier alpha value is -3.23. The molecule has 0 bridgehead atoms. The lowest BCUT2D eigenvalue weighted by molar-refractivity contribution is -0.274. The van der Waals surface area contributed by atoms with Crippen molar-refractivity contribution in [3.05, 3.63) is 42.5 Å². The highest BCUT2D eigenvalue weighted by molar-refractivity contribution is 6.15. The minimum absolute atomic E-state index is 0.00314. The van der Waals surface area contributed by atoms with Crippen LogP contribution in [-0.2, 0) is 4.79 Å². The fourth-order valence-corrected chi connectivity index (χ4v) is 2.48. The number of hydrogen-bond acceptors (Lipinski definition) is 4. The molecule has 0 unspecified atom stereocenters. The highest BCUT2D eigenvalue weighted by Gasteiger charge is 2.33. The Kier molecular flexibility index (Phi) is 3.99. The number of carboxylic acid groups (broad SMARTS) is 1. The van der Waals surface area contributed by atoms with Crippen LogP contribution in [0.25, 0.3) is 11.1 Å². The number of hydrogen-bond donors (Lipinski definition) is 1. The van der Waals surface area contributed by atoms with Gasteiger partial charge >= 0.3 is 12.5 Å². The van der Waals surface area contributed by atoms with Crippen LogP contribution in [0.15, 0.2) is 42.5 Å². The van der Waals surface area contributed by atoms with Gasteiger partial charge in [-0.3, -0.25) is 4.79 Å². The molecule has 0 saturated carbocycles. The summed E-state index contributed by atoms with van der Waals surface area (Å²) in [7, 11) is 0. The average molecular weight is 353 g/mol. The van der Waals surface area contributed by atoms with Gasteiger partial charge in [-0.15, -0.1) is 13.2 Å². The van der Waals surface area contributed by atoms with Crippen molar-refractivity contribution in [2.75, 3.05) is 11.5 Å². The number of fused-ring (bicyclic) bond motifs is 1. The van der Waals surface area contributed by atoms with Gasteiger partial charge in [-0.05, 0) is 23.8 Å². The van der Waals surface area contributed by atoms with Gasteiger partial charge < -0.3 is 14.6 Å². The summed E-state index contributed by atoms with van der Waals surface area (Å²) < 4.78 is 46.3. The molecular weight excluding hydrogens is 343 g/mol. The molecule has 0 spiro atoms. The van der Waals surface area contributed by atoms with E-state index in [9.17, 15) is 27.9 Å². The monoisotopic (exact) mass is 353 g/mol. The van der Waals surface area contributed by atoms with Gasteiger partial charge in [0.25, 0.3) is 5.91 Å². The van der Waals surface area contributed by atoms with Crippen LogP contribution >= 0.6 is 0 Å². The van der Waals surface area contributed by atoms with Crippen LogP contribution in [0.3, 0.4) is 0 Å². The molecule has 0 atom stereocenters. The summed E-state index contributed by atoms with van der Waals surface area (Å²) in [5.74, 6) is -1.09. The molecule has 2 aromatic carbocycles. The maximum atomic E-state index is 12.4. The van der Waals surface area contributed by atoms with E-state index in [0.717, 1.165) is 12.1 Å². The Bertz CT molecular complexity index is 850. The molecule has 0 saturated heterocycles. The summed E-state index contributed by atoms with van der Waals surface area (Å²) in [5, 5.41) is 9.19. The maximum absolute atomic E-state index is 12.4. The van der Waals surface area contributed by atoms with Crippen molar-refractivity contribution in [3.63, 3.8) is 0 Å². The summed E-state index contributed by atoms with van der Waals surface area (Å²) in [6.07, 6.45) is -6.31. The Morgan fingerprint density at radius 2 is 1.92 bits per heavy atom. The predicted molar refractivity (Wildman–Crippen MR) is 79.6 cm³/mol. The van der Waals surface area contributed by atoms with Gasteiger partial charge in [0, 0.05) is 5.56 Å². The molecule has 25 heavy (non-hydrogen) atoms. The minimum Gasteiger partial charge on any atom is -0.481 e. The molecular formula is C16H10F3NO5. The van der Waals surface area contributed by atoms with Crippen molar-refractivity contribution in [1.82, 2.24) is 0 Å². The van der Waals surface area contributed by atoms with E-state index < -0.39 is 30.7 Å². The first-order valence-electron chi connectivity index (χ1n) is 6.94. The smallest absolute Gasteiger partial charge is 0.481 e. The molecule has 2 aromatic rings. The van der Waals surface area contributed by atoms with Crippen LogP contribution in [0.1, 0.15) is 0 Å². The van der Waals surface area contributed by atoms with Crippen molar-refractivity contribution in [2.45, 2.75) is 6.36 Å². The second kappa shape index (κ2) is 6.00. The number of benzene rings is 2. The normalized spacial score (nSPS) is 13.9. The van der Waals surface area contributed by atoms with E-state index in [0.29, 0.717) is 16.0 Å². The number of carbonyl (C=O) groups excluding carboxylic acids is 1. The molecule has 130 valence electrons. The van der Waals surface area contributed by atoms with Crippen LogP contribution < -0.4 is 14.4 Å². The molecule has 1 heterocycles. The van der Waals surface area contributed by atoms with E-state index in [1.54, 1.807) is 6.07 Å². The molecule has 1 N–H and O–H groups in total. The average Bonchev–Trinajstić information content (AvgIpc) is 2.52. The second-order valence-electron chi connectivity index (χ2n) is 5.03. The lowest BCUT2D eigenvalue weighted by atomic mass is 10.0. The van der Waals surface area contributed by atoms with Crippen LogP contribution in [0, 0.1) is 0 Å². The van der Waals surface area contributed by atoms with Crippen molar-refractivity contribution >= 4 is 17.7 Å². The quantitative estimate of drug-likeness (QED) is 0.892. The Labute approximate surface area is 139 Å². The molecule has 6 nitrogen and oxygen atoms in total. The third kappa shape index (κ3) is 3.35. The lowest BCUT2D eigenvalue weighted by Gasteiger charge is -2.27. The highest BCUT2D eigenvalue weighted by Crippen LogP contribution is 2.41. The first-order chi connectivity index (χ1) is 11.8. The number of para-hydroxylation sites is 1. The van der Waals surface area contributed by atoms with E-state index in [4.69, 9.17) is 4.74 Å². The minimum atomic E-state index is -4.84. The summed E-state index contributed by atoms with van der Waals surface area (Å²) >= 11 is 0. The number of carbonyl (C=O) groups is 2. The Morgan fingerprint density at radius 1 is 1.20 bits per heavy atom. The molecule has 0 fully saturated rings. The summed E-state index contributed by atoms with van der Waals surface area (Å²) in [6.45, 7) is -0.491. The van der Waals surface area contributed by atoms with Gasteiger partial charge in [0.15, 0.2) is 12.4 Å². The third-order valence-corrected chi connectivity index (χ3v) is 3.39. The molecule has 2 amide bonds. The van der Waals surface area contributed by atoms with Gasteiger partial charge in [0.2, 0.25) is 0 Å². The van der Waals surface area contributed by atoms with Gasteiger partial charge in [0.1, 0.15) is 5.75 Å². The molecule has 0 aliphatic carbocycles. The number of nitrogens with zero attached hydrogens (tertiary/aromatic N) is 1. The zero-order valence-electron chi connectivity index (χ0n) is 12.4. The van der Waals surface area contributed by atoms with E-state index in [1.807, 2.05) is 0 Å². The van der Waals surface area contributed by atoms with Crippen LogP contribution in [-0.4, -0.2) is 30.1 Å². The summed E-state index contributed by atoms with van der Waals surface area (Å²) in [6, 6.07) is 9.56. The molecule has 9 heteroatoms. The van der Waals surface area contributed by atoms with Gasteiger partial charge in [-0.25, -0.2) is 9.69 Å². The van der Waals surface area contributed by atoms with E-state index in [2.05, 4.69) is 4.74 Å². The largest absolute Gasteiger partial charge is 0.573 e. The first-order valence-corrected chi connectivity index (χ1v) is 6.94. The number of alkyl halides is 3. The van der Waals surface area contributed by atoms with Crippen LogP contribution in [0.2, 0.25) is 0 Å². The first kappa shape index (κ1) is 16.6. The zero-order valence-corrected chi connectivity index (χ0v) is 12.4. The van der Waals surface area contributed by atoms with Gasteiger partial charge in [-0.1, -0.05) is 24.3 Å². The fraction of sp³-hybridized carbons (Fsp3) is 0.125.